The molecular formula is C14H18F3NO2. The van der Waals surface area contributed by atoms with E-state index in [9.17, 15) is 18.3 Å². The van der Waals surface area contributed by atoms with Crippen LogP contribution < -0.4 is 0 Å². The number of aromatic nitrogens is 1. The van der Waals surface area contributed by atoms with Crippen molar-refractivity contribution in [3.05, 3.63) is 29.6 Å². The fourth-order valence-electron chi connectivity index (χ4n) is 2.56. The molecule has 2 unspecified atom stereocenters. The molecule has 3 nitrogen and oxygen atoms in total. The highest BCUT2D eigenvalue weighted by Crippen LogP contribution is 2.42. The first kappa shape index (κ1) is 15.3. The van der Waals surface area contributed by atoms with E-state index >= 15 is 0 Å². The molecule has 1 aromatic rings. The second-order valence-corrected chi connectivity index (χ2v) is 5.56. The van der Waals surface area contributed by atoms with Crippen LogP contribution in [0.4, 0.5) is 13.2 Å². The van der Waals surface area contributed by atoms with Gasteiger partial charge in [-0.3, -0.25) is 4.98 Å². The number of hydrogen-bond donors (Lipinski definition) is 1. The molecule has 0 aliphatic carbocycles. The highest BCUT2D eigenvalue weighted by molar-refractivity contribution is 5.32. The van der Waals surface area contributed by atoms with Crippen molar-refractivity contribution >= 4 is 0 Å². The summed E-state index contributed by atoms with van der Waals surface area (Å²) in [5, 5.41) is 10.7. The molecule has 1 saturated heterocycles. The van der Waals surface area contributed by atoms with E-state index in [1.165, 1.54) is 0 Å². The predicted octanol–water partition coefficient (Wildman–Crippen LogP) is 3.12. The van der Waals surface area contributed by atoms with Crippen molar-refractivity contribution in [3.8, 4) is 0 Å². The maximum absolute atomic E-state index is 13.1. The Morgan fingerprint density at radius 1 is 1.45 bits per heavy atom. The smallest absolute Gasteiger partial charge is 0.385 e. The molecule has 0 bridgehead atoms. The highest BCUT2D eigenvalue weighted by Gasteiger charge is 2.44. The standard InChI is InChI=1S/C14H18F3NO2/c1-9(2)12-7-13(19,4-6-20-12)11-8-18-5-3-10(11)14(15,16)17/h3,5,8-9,12,19H,4,6-7H2,1-2H3. The summed E-state index contributed by atoms with van der Waals surface area (Å²) in [4.78, 5) is 3.75. The molecule has 6 heteroatoms. The lowest BCUT2D eigenvalue weighted by atomic mass is 9.80. The van der Waals surface area contributed by atoms with Crippen molar-refractivity contribution < 1.29 is 23.0 Å². The van der Waals surface area contributed by atoms with Crippen molar-refractivity contribution in [3.63, 3.8) is 0 Å². The Morgan fingerprint density at radius 3 is 2.75 bits per heavy atom. The van der Waals surface area contributed by atoms with Gasteiger partial charge >= 0.3 is 6.18 Å². The number of nitrogens with zero attached hydrogens (tertiary/aromatic N) is 1. The number of aliphatic hydroxyl groups is 1. The summed E-state index contributed by atoms with van der Waals surface area (Å²) in [5.41, 5.74) is -2.51. The molecule has 2 rings (SSSR count). The van der Waals surface area contributed by atoms with Crippen molar-refractivity contribution in [2.45, 2.75) is 44.6 Å². The molecule has 20 heavy (non-hydrogen) atoms. The molecule has 112 valence electrons. The van der Waals surface area contributed by atoms with Crippen LogP contribution in [0.15, 0.2) is 18.5 Å². The molecule has 0 aromatic carbocycles. The Hall–Kier alpha value is -1.14. The van der Waals surface area contributed by atoms with Gasteiger partial charge in [0.2, 0.25) is 0 Å². The Bertz CT molecular complexity index is 476. The van der Waals surface area contributed by atoms with Gasteiger partial charge in [-0.15, -0.1) is 0 Å². The monoisotopic (exact) mass is 289 g/mol. The molecule has 0 spiro atoms. The van der Waals surface area contributed by atoms with E-state index in [-0.39, 0.29) is 37.0 Å². The van der Waals surface area contributed by atoms with Gasteiger partial charge in [0.05, 0.1) is 23.9 Å². The maximum Gasteiger partial charge on any atom is 0.416 e. The van der Waals surface area contributed by atoms with E-state index in [2.05, 4.69) is 4.98 Å². The molecule has 2 heterocycles. The van der Waals surface area contributed by atoms with Crippen LogP contribution in [0.2, 0.25) is 0 Å². The van der Waals surface area contributed by atoms with Crippen molar-refractivity contribution in [2.75, 3.05) is 6.61 Å². The molecule has 1 aromatic heterocycles. The van der Waals surface area contributed by atoms with Gasteiger partial charge in [0.1, 0.15) is 0 Å². The molecular weight excluding hydrogens is 271 g/mol. The number of rotatable bonds is 2. The molecule has 0 saturated carbocycles. The van der Waals surface area contributed by atoms with Gasteiger partial charge in [-0.25, -0.2) is 0 Å². The first-order chi connectivity index (χ1) is 9.24. The van der Waals surface area contributed by atoms with Gasteiger partial charge in [0.15, 0.2) is 0 Å². The SMILES string of the molecule is CC(C)C1CC(O)(c2cnccc2C(F)(F)F)CCO1. The van der Waals surface area contributed by atoms with Gasteiger partial charge in [0.25, 0.3) is 0 Å². The second kappa shape index (κ2) is 5.33. The van der Waals surface area contributed by atoms with E-state index in [1.54, 1.807) is 0 Å². The lowest BCUT2D eigenvalue weighted by molar-refractivity contribution is -0.149. The summed E-state index contributed by atoms with van der Waals surface area (Å²) in [7, 11) is 0. The summed E-state index contributed by atoms with van der Waals surface area (Å²) in [6, 6.07) is 0.910. The topological polar surface area (TPSA) is 42.4 Å². The fourth-order valence-corrected chi connectivity index (χ4v) is 2.56. The van der Waals surface area contributed by atoms with Gasteiger partial charge in [-0.05, 0) is 12.0 Å². The van der Waals surface area contributed by atoms with E-state index in [1.807, 2.05) is 13.8 Å². The zero-order chi connectivity index (χ0) is 15.0. The van der Waals surface area contributed by atoms with Crippen molar-refractivity contribution in [1.82, 2.24) is 4.98 Å². The number of pyridine rings is 1. The summed E-state index contributed by atoms with van der Waals surface area (Å²) in [6.45, 7) is 4.08. The van der Waals surface area contributed by atoms with Crippen LogP contribution in [0.5, 0.6) is 0 Å². The number of alkyl halides is 3. The molecule has 1 aliphatic rings. The van der Waals surface area contributed by atoms with Crippen molar-refractivity contribution in [1.29, 1.82) is 0 Å². The van der Waals surface area contributed by atoms with Crippen LogP contribution in [0.3, 0.4) is 0 Å². The second-order valence-electron chi connectivity index (χ2n) is 5.56. The molecule has 2 atom stereocenters. The first-order valence-corrected chi connectivity index (χ1v) is 6.60. The zero-order valence-electron chi connectivity index (χ0n) is 11.4. The maximum atomic E-state index is 13.1. The molecule has 1 N–H and O–H groups in total. The normalized spacial score (nSPS) is 27.9. The minimum Gasteiger partial charge on any atom is -0.385 e. The molecule has 0 amide bonds. The highest BCUT2D eigenvalue weighted by atomic mass is 19.4. The van der Waals surface area contributed by atoms with Gasteiger partial charge in [-0.1, -0.05) is 13.8 Å². The average molecular weight is 289 g/mol. The quantitative estimate of drug-likeness (QED) is 0.909. The van der Waals surface area contributed by atoms with Crippen LogP contribution in [-0.4, -0.2) is 22.8 Å². The van der Waals surface area contributed by atoms with Crippen molar-refractivity contribution in [2.24, 2.45) is 5.92 Å². The Kier molecular flexibility index (Phi) is 4.07. The third-order valence-corrected chi connectivity index (χ3v) is 3.76. The van der Waals surface area contributed by atoms with Gasteiger partial charge in [-0.2, -0.15) is 13.2 Å². The van der Waals surface area contributed by atoms with E-state index in [0.717, 1.165) is 18.5 Å². The summed E-state index contributed by atoms with van der Waals surface area (Å²) < 4.78 is 44.7. The lowest BCUT2D eigenvalue weighted by Crippen LogP contribution is -2.42. The average Bonchev–Trinajstić information content (AvgIpc) is 2.38. The summed E-state index contributed by atoms with van der Waals surface area (Å²) in [6.07, 6.45) is -2.25. The largest absolute Gasteiger partial charge is 0.416 e. The Labute approximate surface area is 115 Å². The minimum atomic E-state index is -4.50. The van der Waals surface area contributed by atoms with Gasteiger partial charge < -0.3 is 9.84 Å². The lowest BCUT2D eigenvalue weighted by Gasteiger charge is -2.39. The van der Waals surface area contributed by atoms with Crippen LogP contribution in [0, 0.1) is 5.92 Å². The summed E-state index contributed by atoms with van der Waals surface area (Å²) in [5.74, 6) is 0.132. The summed E-state index contributed by atoms with van der Waals surface area (Å²) >= 11 is 0. The Morgan fingerprint density at radius 2 is 2.15 bits per heavy atom. The van der Waals surface area contributed by atoms with Crippen LogP contribution >= 0.6 is 0 Å². The fraction of sp³-hybridized carbons (Fsp3) is 0.643. The molecule has 1 fully saturated rings. The van der Waals surface area contributed by atoms with Crippen LogP contribution in [-0.2, 0) is 16.5 Å². The van der Waals surface area contributed by atoms with E-state index in [0.29, 0.717) is 0 Å². The zero-order valence-corrected chi connectivity index (χ0v) is 11.4. The minimum absolute atomic E-state index is 0.132. The van der Waals surface area contributed by atoms with Crippen LogP contribution in [0.25, 0.3) is 0 Å². The number of hydrogen-bond acceptors (Lipinski definition) is 3. The Balaban J connectivity index is 2.39. The van der Waals surface area contributed by atoms with E-state index < -0.39 is 17.3 Å². The number of halogens is 3. The van der Waals surface area contributed by atoms with E-state index in [4.69, 9.17) is 4.74 Å². The van der Waals surface area contributed by atoms with Gasteiger partial charge in [0, 0.05) is 30.8 Å². The van der Waals surface area contributed by atoms with Crippen LogP contribution in [0.1, 0.15) is 37.8 Å². The third-order valence-electron chi connectivity index (χ3n) is 3.76. The third kappa shape index (κ3) is 2.96. The number of ether oxygens (including phenoxy) is 1. The predicted molar refractivity (Wildman–Crippen MR) is 66.9 cm³/mol. The first-order valence-electron chi connectivity index (χ1n) is 6.60. The molecule has 1 aliphatic heterocycles. The molecule has 0 radical (unpaired) electrons.